The van der Waals surface area contributed by atoms with Crippen molar-refractivity contribution in [2.45, 2.75) is 13.0 Å². The molecule has 0 radical (unpaired) electrons. The van der Waals surface area contributed by atoms with Crippen LogP contribution in [0.25, 0.3) is 0 Å². The molecule has 0 bridgehead atoms. The number of carbonyl (C=O) groups excluding carboxylic acids is 1. The molecule has 2 amide bonds. The number of rotatable bonds is 8. The second-order valence-corrected chi connectivity index (χ2v) is 4.41. The van der Waals surface area contributed by atoms with Gasteiger partial charge in [0.05, 0.1) is 13.2 Å². The van der Waals surface area contributed by atoms with Gasteiger partial charge >= 0.3 is 12.0 Å². The molecule has 0 aliphatic heterocycles. The first-order chi connectivity index (χ1) is 10.0. The van der Waals surface area contributed by atoms with Crippen molar-refractivity contribution in [1.29, 1.82) is 0 Å². The van der Waals surface area contributed by atoms with Crippen molar-refractivity contribution in [1.82, 2.24) is 10.6 Å². The zero-order valence-corrected chi connectivity index (χ0v) is 12.1. The Bertz CT molecular complexity index is 478. The molecule has 0 saturated carbocycles. The molecule has 7 heteroatoms. The second-order valence-electron chi connectivity index (χ2n) is 4.41. The molecule has 21 heavy (non-hydrogen) atoms. The number of urea groups is 1. The molecule has 1 aromatic rings. The number of carboxylic acid groups (broad SMARTS) is 1. The van der Waals surface area contributed by atoms with Crippen LogP contribution in [0.1, 0.15) is 5.56 Å². The Morgan fingerprint density at radius 2 is 2.14 bits per heavy atom. The molecule has 0 saturated heterocycles. The summed E-state index contributed by atoms with van der Waals surface area (Å²) in [6, 6.07) is 5.90. The second kappa shape index (κ2) is 8.80. The third-order valence-electron chi connectivity index (χ3n) is 2.58. The van der Waals surface area contributed by atoms with Crippen LogP contribution in [-0.4, -0.2) is 50.0 Å². The highest BCUT2D eigenvalue weighted by Gasteiger charge is 2.19. The van der Waals surface area contributed by atoms with Crippen LogP contribution in [0.4, 0.5) is 4.79 Å². The Kier molecular flexibility index (Phi) is 7.03. The normalized spacial score (nSPS) is 11.5. The average molecular weight is 296 g/mol. The summed E-state index contributed by atoms with van der Waals surface area (Å²) in [5.74, 6) is -0.428. The van der Waals surface area contributed by atoms with Crippen LogP contribution >= 0.6 is 0 Å². The lowest BCUT2D eigenvalue weighted by Crippen LogP contribution is -2.48. The fourth-order valence-corrected chi connectivity index (χ4v) is 1.59. The first kappa shape index (κ1) is 16.8. The number of carbonyl (C=O) groups is 2. The number of aliphatic carboxylic acids is 1. The summed E-state index contributed by atoms with van der Waals surface area (Å²) in [6.45, 7) is 2.42. The Hall–Kier alpha value is -2.28. The number of carboxylic acids is 1. The van der Waals surface area contributed by atoms with Crippen LogP contribution in [0, 0.1) is 6.92 Å². The molecule has 0 heterocycles. The molecule has 3 N–H and O–H groups in total. The van der Waals surface area contributed by atoms with E-state index in [4.69, 9.17) is 14.6 Å². The molecule has 0 aliphatic rings. The third-order valence-corrected chi connectivity index (χ3v) is 2.58. The maximum atomic E-state index is 11.5. The number of hydrogen-bond donors (Lipinski definition) is 3. The van der Waals surface area contributed by atoms with Crippen molar-refractivity contribution in [3.05, 3.63) is 29.8 Å². The van der Waals surface area contributed by atoms with Crippen molar-refractivity contribution in [2.24, 2.45) is 0 Å². The highest BCUT2D eigenvalue weighted by atomic mass is 16.5. The van der Waals surface area contributed by atoms with Gasteiger partial charge < -0.3 is 25.2 Å². The molecule has 1 atom stereocenters. The predicted octanol–water partition coefficient (Wildman–Crippen LogP) is 0.773. The van der Waals surface area contributed by atoms with Gasteiger partial charge in [-0.25, -0.2) is 9.59 Å². The number of methoxy groups -OCH3 is 1. The molecular weight excluding hydrogens is 276 g/mol. The first-order valence-corrected chi connectivity index (χ1v) is 6.48. The fourth-order valence-electron chi connectivity index (χ4n) is 1.59. The van der Waals surface area contributed by atoms with E-state index < -0.39 is 18.0 Å². The monoisotopic (exact) mass is 296 g/mol. The standard InChI is InChI=1S/C14H20N2O5/c1-10-4-3-5-11(8-10)21-7-6-15-14(19)16-12(9-20-2)13(17)18/h3-5,8,12H,6-7,9H2,1-2H3,(H,17,18)(H2,15,16,19). The SMILES string of the molecule is COCC(NC(=O)NCCOc1cccc(C)c1)C(=O)O. The maximum Gasteiger partial charge on any atom is 0.328 e. The molecule has 0 spiro atoms. The Morgan fingerprint density at radius 1 is 1.38 bits per heavy atom. The van der Waals surface area contributed by atoms with Crippen molar-refractivity contribution in [2.75, 3.05) is 26.9 Å². The van der Waals surface area contributed by atoms with Crippen LogP contribution in [0.15, 0.2) is 24.3 Å². The minimum Gasteiger partial charge on any atom is -0.492 e. The van der Waals surface area contributed by atoms with E-state index in [-0.39, 0.29) is 13.2 Å². The Morgan fingerprint density at radius 3 is 2.76 bits per heavy atom. The number of hydrogen-bond acceptors (Lipinski definition) is 4. The number of nitrogens with one attached hydrogen (secondary N) is 2. The van der Waals surface area contributed by atoms with Crippen molar-refractivity contribution in [3.63, 3.8) is 0 Å². The number of ether oxygens (including phenoxy) is 2. The summed E-state index contributed by atoms with van der Waals surface area (Å²) < 4.78 is 10.2. The van der Waals surface area contributed by atoms with Gasteiger partial charge in [0.25, 0.3) is 0 Å². The molecule has 116 valence electrons. The molecule has 0 aromatic heterocycles. The van der Waals surface area contributed by atoms with E-state index in [9.17, 15) is 9.59 Å². The lowest BCUT2D eigenvalue weighted by Gasteiger charge is -2.14. The van der Waals surface area contributed by atoms with E-state index in [2.05, 4.69) is 10.6 Å². The van der Waals surface area contributed by atoms with E-state index in [0.717, 1.165) is 11.3 Å². The molecule has 0 fully saturated rings. The van der Waals surface area contributed by atoms with Crippen molar-refractivity contribution >= 4 is 12.0 Å². The van der Waals surface area contributed by atoms with Crippen LogP contribution in [0.2, 0.25) is 0 Å². The van der Waals surface area contributed by atoms with Gasteiger partial charge in [0.1, 0.15) is 12.4 Å². The van der Waals surface area contributed by atoms with E-state index in [1.807, 2.05) is 31.2 Å². The van der Waals surface area contributed by atoms with Gasteiger partial charge in [-0.15, -0.1) is 0 Å². The van der Waals surface area contributed by atoms with Crippen molar-refractivity contribution in [3.8, 4) is 5.75 Å². The fraction of sp³-hybridized carbons (Fsp3) is 0.429. The van der Waals surface area contributed by atoms with Crippen LogP contribution < -0.4 is 15.4 Å². The molecule has 0 aliphatic carbocycles. The van der Waals surface area contributed by atoms with Crippen LogP contribution in [0.5, 0.6) is 5.75 Å². The number of benzene rings is 1. The smallest absolute Gasteiger partial charge is 0.328 e. The van der Waals surface area contributed by atoms with Gasteiger partial charge in [-0.05, 0) is 24.6 Å². The predicted molar refractivity (Wildman–Crippen MR) is 76.5 cm³/mol. The first-order valence-electron chi connectivity index (χ1n) is 6.48. The van der Waals surface area contributed by atoms with Gasteiger partial charge in [-0.1, -0.05) is 12.1 Å². The summed E-state index contributed by atoms with van der Waals surface area (Å²) in [4.78, 5) is 22.3. The average Bonchev–Trinajstić information content (AvgIpc) is 2.43. The molecule has 7 nitrogen and oxygen atoms in total. The van der Waals surface area contributed by atoms with Gasteiger partial charge in [-0.3, -0.25) is 0 Å². The summed E-state index contributed by atoms with van der Waals surface area (Å²) in [7, 11) is 1.37. The van der Waals surface area contributed by atoms with E-state index in [1.54, 1.807) is 0 Å². The largest absolute Gasteiger partial charge is 0.492 e. The lowest BCUT2D eigenvalue weighted by molar-refractivity contribution is -0.140. The van der Waals surface area contributed by atoms with Crippen molar-refractivity contribution < 1.29 is 24.2 Å². The summed E-state index contributed by atoms with van der Waals surface area (Å²) in [5.41, 5.74) is 1.09. The Balaban J connectivity index is 2.25. The third kappa shape index (κ3) is 6.62. The minimum atomic E-state index is -1.15. The highest BCUT2D eigenvalue weighted by molar-refractivity contribution is 5.82. The number of aryl methyl sites for hydroxylation is 1. The van der Waals surface area contributed by atoms with Gasteiger partial charge in [0.15, 0.2) is 6.04 Å². The molecule has 1 rings (SSSR count). The van der Waals surface area contributed by atoms with Crippen LogP contribution in [-0.2, 0) is 9.53 Å². The summed E-state index contributed by atoms with van der Waals surface area (Å²) in [6.07, 6.45) is 0. The summed E-state index contributed by atoms with van der Waals surface area (Å²) in [5, 5.41) is 13.7. The maximum absolute atomic E-state index is 11.5. The van der Waals surface area contributed by atoms with E-state index >= 15 is 0 Å². The zero-order valence-electron chi connectivity index (χ0n) is 12.1. The van der Waals surface area contributed by atoms with Crippen LogP contribution in [0.3, 0.4) is 0 Å². The van der Waals surface area contributed by atoms with Gasteiger partial charge in [0.2, 0.25) is 0 Å². The van der Waals surface area contributed by atoms with E-state index in [1.165, 1.54) is 7.11 Å². The van der Waals surface area contributed by atoms with E-state index in [0.29, 0.717) is 6.61 Å². The Labute approximate surface area is 123 Å². The van der Waals surface area contributed by atoms with Gasteiger partial charge in [0, 0.05) is 7.11 Å². The van der Waals surface area contributed by atoms with Gasteiger partial charge in [-0.2, -0.15) is 0 Å². The topological polar surface area (TPSA) is 96.9 Å². The number of amides is 2. The molecule has 1 aromatic carbocycles. The lowest BCUT2D eigenvalue weighted by atomic mass is 10.2. The highest BCUT2D eigenvalue weighted by Crippen LogP contribution is 2.11. The molecular formula is C14H20N2O5. The summed E-state index contributed by atoms with van der Waals surface area (Å²) >= 11 is 0. The molecule has 1 unspecified atom stereocenters. The zero-order chi connectivity index (χ0) is 15.7. The quantitative estimate of drug-likeness (QED) is 0.616. The minimum absolute atomic E-state index is 0.0947.